The monoisotopic (exact) mass is 1030 g/mol. The molecule has 7 amide bonds. The first kappa shape index (κ1) is 53.8. The Labute approximate surface area is 431 Å². The largest absolute Gasteiger partial charge is 0.496 e. The molecule has 19 nitrogen and oxygen atoms in total. The van der Waals surface area contributed by atoms with Crippen LogP contribution in [0, 0.1) is 11.7 Å². The van der Waals surface area contributed by atoms with Crippen LogP contribution in [0.4, 0.5) is 29.3 Å². The Bertz CT molecular complexity index is 3140. The van der Waals surface area contributed by atoms with Crippen LogP contribution in [0.2, 0.25) is 0 Å². The Morgan fingerprint density at radius 1 is 0.827 bits per heavy atom. The van der Waals surface area contributed by atoms with E-state index in [1.165, 1.54) is 63.7 Å². The average molecular weight is 1030 g/mol. The van der Waals surface area contributed by atoms with Gasteiger partial charge in [-0.25, -0.2) is 23.6 Å². The normalized spacial score (nSPS) is 13.3. The molecule has 1 aromatic heterocycles. The number of benzene rings is 5. The number of likely N-dealkylation sites (N-methyl/N-ethyl adjacent to an activating group) is 2. The topological polar surface area (TPSA) is 275 Å². The molecule has 0 spiro atoms. The predicted molar refractivity (Wildman–Crippen MR) is 279 cm³/mol. The highest BCUT2D eigenvalue weighted by molar-refractivity contribution is 5.98. The molecule has 0 fully saturated rings. The maximum Gasteiger partial charge on any atom is 0.407 e. The van der Waals surface area contributed by atoms with Gasteiger partial charge in [-0.05, 0) is 83.0 Å². The standard InChI is InChI=1S/C55H59FN8O11/c1-31(2)48(62-52(69)75-29-40-38-16-8-6-14-36(38)37-15-7-9-17-39(37)40)50(67)61-42(18-11-25-58-51(57)68)49(66)59-35-21-19-32(20-22-35)28-55(64(4)54(72)73,30-63(3)53(70)71)47-45(74-5)24-23-41-46(47)44(65)27-43(60-41)33-12-10-13-34(56)26-33/h6-10,12-17,19-24,26-27,31,40,42,48H,11,18,25,28-30H2,1-5H3,(H,59,66)(H,60,65)(H,61,67)(H,62,69)(H,70,71)(H,72,73)(H3,57,58,68)/t42-,48-,55?/m0/s1. The molecule has 0 saturated heterocycles. The zero-order valence-electron chi connectivity index (χ0n) is 41.9. The smallest absolute Gasteiger partial charge is 0.407 e. The maximum atomic E-state index is 14.3. The van der Waals surface area contributed by atoms with E-state index < -0.39 is 77.5 Å². The van der Waals surface area contributed by atoms with Crippen LogP contribution in [0.1, 0.15) is 54.9 Å². The molecular weight excluding hydrogens is 968 g/mol. The summed E-state index contributed by atoms with van der Waals surface area (Å²) in [5.41, 5.74) is 8.57. The number of hydrogen-bond donors (Lipinski definition) is 8. The van der Waals surface area contributed by atoms with Crippen molar-refractivity contribution in [2.75, 3.05) is 46.2 Å². The van der Waals surface area contributed by atoms with Crippen LogP contribution in [0.5, 0.6) is 5.75 Å². The summed E-state index contributed by atoms with van der Waals surface area (Å²) in [6.07, 6.45) is -3.67. The number of alkyl carbamates (subject to hydrolysis) is 1. The SMILES string of the molecule is COc1ccc2[nH]c(-c3cccc(F)c3)cc(=O)c2c1C(Cc1ccc(NC(=O)[C@H](CCCNC(N)=O)NC(=O)[C@@H](NC(=O)OCC2c3ccccc3-c3ccccc32)C(C)C)cc1)(CN(C)C(=O)O)N(C)C(=O)O. The van der Waals surface area contributed by atoms with Gasteiger partial charge in [-0.15, -0.1) is 0 Å². The molecule has 392 valence electrons. The van der Waals surface area contributed by atoms with Gasteiger partial charge in [0.2, 0.25) is 11.8 Å². The van der Waals surface area contributed by atoms with Crippen LogP contribution < -0.4 is 37.2 Å². The van der Waals surface area contributed by atoms with E-state index in [1.54, 1.807) is 38.1 Å². The number of urea groups is 1. The van der Waals surface area contributed by atoms with Gasteiger partial charge >= 0.3 is 24.3 Å². The fourth-order valence-corrected chi connectivity index (χ4v) is 9.65. The van der Waals surface area contributed by atoms with E-state index >= 15 is 0 Å². The van der Waals surface area contributed by atoms with Gasteiger partial charge < -0.3 is 56.6 Å². The van der Waals surface area contributed by atoms with E-state index in [0.29, 0.717) is 11.1 Å². The zero-order valence-corrected chi connectivity index (χ0v) is 41.9. The summed E-state index contributed by atoms with van der Waals surface area (Å²) in [7, 11) is 3.85. The number of nitrogens with zero attached hydrogens (tertiary/aromatic N) is 2. The molecule has 3 atom stereocenters. The van der Waals surface area contributed by atoms with Crippen LogP contribution in [0.15, 0.2) is 120 Å². The van der Waals surface area contributed by atoms with Crippen LogP contribution in [0.25, 0.3) is 33.3 Å². The molecule has 20 heteroatoms. The number of rotatable bonds is 20. The Morgan fingerprint density at radius 3 is 2.09 bits per heavy atom. The number of H-pyrrole nitrogens is 1. The quantitative estimate of drug-likeness (QED) is 0.0348. The van der Waals surface area contributed by atoms with Gasteiger partial charge in [-0.3, -0.25) is 19.3 Å². The van der Waals surface area contributed by atoms with Gasteiger partial charge in [0.15, 0.2) is 5.43 Å². The van der Waals surface area contributed by atoms with E-state index in [1.807, 2.05) is 48.5 Å². The minimum atomic E-state index is -1.86. The first-order valence-electron chi connectivity index (χ1n) is 24.1. The summed E-state index contributed by atoms with van der Waals surface area (Å²) in [4.78, 5) is 97.9. The summed E-state index contributed by atoms with van der Waals surface area (Å²) in [5.74, 6) is -2.46. The van der Waals surface area contributed by atoms with Crippen molar-refractivity contribution in [1.82, 2.24) is 30.7 Å². The van der Waals surface area contributed by atoms with E-state index in [2.05, 4.69) is 26.3 Å². The summed E-state index contributed by atoms with van der Waals surface area (Å²) in [5, 5.41) is 31.6. The van der Waals surface area contributed by atoms with Gasteiger partial charge in [0.05, 0.1) is 30.1 Å². The first-order valence-corrected chi connectivity index (χ1v) is 24.1. The minimum Gasteiger partial charge on any atom is -0.496 e. The number of anilines is 1. The third-order valence-corrected chi connectivity index (χ3v) is 13.4. The minimum absolute atomic E-state index is 0.00224. The number of primary amides is 1. The maximum absolute atomic E-state index is 14.3. The number of carbonyl (C=O) groups excluding carboxylic acids is 4. The molecule has 0 aliphatic heterocycles. The van der Waals surface area contributed by atoms with Gasteiger partial charge in [0.1, 0.15) is 30.3 Å². The fourth-order valence-electron chi connectivity index (χ4n) is 9.65. The highest BCUT2D eigenvalue weighted by atomic mass is 19.1. The number of ether oxygens (including phenoxy) is 2. The van der Waals surface area contributed by atoms with E-state index in [0.717, 1.165) is 32.1 Å². The Hall–Kier alpha value is -8.94. The zero-order chi connectivity index (χ0) is 54.1. The third-order valence-electron chi connectivity index (χ3n) is 13.4. The van der Waals surface area contributed by atoms with E-state index in [9.17, 15) is 48.2 Å². The van der Waals surface area contributed by atoms with Crippen molar-refractivity contribution < 1.29 is 52.8 Å². The molecule has 1 heterocycles. The molecule has 75 heavy (non-hydrogen) atoms. The van der Waals surface area contributed by atoms with E-state index in [4.69, 9.17) is 15.2 Å². The van der Waals surface area contributed by atoms with Crippen molar-refractivity contribution in [3.05, 3.63) is 154 Å². The number of carbonyl (C=O) groups is 6. The molecular formula is C55H59FN8O11. The lowest BCUT2D eigenvalue weighted by Gasteiger charge is -2.44. The lowest BCUT2D eigenvalue weighted by atomic mass is 9.79. The number of aromatic nitrogens is 1. The number of carboxylic acid groups (broad SMARTS) is 2. The molecule has 5 aromatic carbocycles. The Kier molecular flexibility index (Phi) is 16.7. The van der Waals surface area contributed by atoms with Gasteiger partial charge in [0, 0.05) is 61.6 Å². The van der Waals surface area contributed by atoms with Crippen molar-refractivity contribution in [2.45, 2.75) is 56.7 Å². The van der Waals surface area contributed by atoms with Crippen molar-refractivity contribution in [3.8, 4) is 28.1 Å². The number of halogens is 1. The fraction of sp³-hybridized carbons (Fsp3) is 0.291. The molecule has 1 unspecified atom stereocenters. The molecule has 0 saturated carbocycles. The van der Waals surface area contributed by atoms with Crippen LogP contribution >= 0.6 is 0 Å². The van der Waals surface area contributed by atoms with Crippen molar-refractivity contribution in [3.63, 3.8) is 0 Å². The number of nitrogens with one attached hydrogen (secondary N) is 5. The number of nitrogens with two attached hydrogens (primary N) is 1. The second-order valence-electron chi connectivity index (χ2n) is 18.7. The summed E-state index contributed by atoms with van der Waals surface area (Å²) < 4.78 is 25.8. The van der Waals surface area contributed by atoms with Crippen molar-refractivity contribution in [1.29, 1.82) is 0 Å². The van der Waals surface area contributed by atoms with Crippen LogP contribution in [-0.2, 0) is 26.3 Å². The third kappa shape index (κ3) is 12.1. The summed E-state index contributed by atoms with van der Waals surface area (Å²) in [6.45, 7) is 3.05. The molecule has 9 N–H and O–H groups in total. The second kappa shape index (κ2) is 23.3. The summed E-state index contributed by atoms with van der Waals surface area (Å²) in [6, 6.07) is 28.8. The summed E-state index contributed by atoms with van der Waals surface area (Å²) >= 11 is 0. The molecule has 7 rings (SSSR count). The highest BCUT2D eigenvalue weighted by Gasteiger charge is 2.46. The van der Waals surface area contributed by atoms with Gasteiger partial charge in [-0.1, -0.05) is 86.6 Å². The average Bonchev–Trinajstić information content (AvgIpc) is 3.73. The van der Waals surface area contributed by atoms with Crippen molar-refractivity contribution in [2.24, 2.45) is 11.7 Å². The van der Waals surface area contributed by atoms with Gasteiger partial charge in [0.25, 0.3) is 0 Å². The Balaban J connectivity index is 1.13. The molecule has 0 radical (unpaired) electrons. The lowest BCUT2D eigenvalue weighted by molar-refractivity contribution is -0.128. The molecule has 1 aliphatic carbocycles. The highest BCUT2D eigenvalue weighted by Crippen LogP contribution is 2.45. The lowest BCUT2D eigenvalue weighted by Crippen LogP contribution is -2.55. The molecule has 1 aliphatic rings. The number of pyridine rings is 1. The molecule has 6 aromatic rings. The van der Waals surface area contributed by atoms with Crippen molar-refractivity contribution >= 4 is 52.7 Å². The molecule has 0 bridgehead atoms. The van der Waals surface area contributed by atoms with Crippen LogP contribution in [-0.4, -0.2) is 114 Å². The van der Waals surface area contributed by atoms with E-state index in [-0.39, 0.29) is 71.9 Å². The number of methoxy groups -OCH3 is 1. The second-order valence-corrected chi connectivity index (χ2v) is 18.7. The predicted octanol–water partition coefficient (Wildman–Crippen LogP) is 7.44. The number of aromatic amines is 1. The van der Waals surface area contributed by atoms with Crippen LogP contribution in [0.3, 0.4) is 0 Å². The number of fused-ring (bicyclic) bond motifs is 4. The van der Waals surface area contributed by atoms with Gasteiger partial charge in [-0.2, -0.15) is 0 Å². The first-order chi connectivity index (χ1) is 35.8. The Morgan fingerprint density at radius 2 is 1.49 bits per heavy atom. The number of amides is 7. The number of hydrogen-bond acceptors (Lipinski definition) is 9.